The highest BCUT2D eigenvalue weighted by Gasteiger charge is 2.08. The van der Waals surface area contributed by atoms with Crippen molar-refractivity contribution in [3.05, 3.63) is 11.4 Å². The first kappa shape index (κ1) is 13.6. The molecule has 0 radical (unpaired) electrons. The molecule has 98 valence electrons. The minimum atomic E-state index is 0.769. The third-order valence-electron chi connectivity index (χ3n) is 2.56. The molecular formula is C13H19N3S2. The third-order valence-corrected chi connectivity index (χ3v) is 4.44. The lowest BCUT2D eigenvalue weighted by Crippen LogP contribution is -2.04. The zero-order chi connectivity index (χ0) is 12.8. The van der Waals surface area contributed by atoms with Crippen molar-refractivity contribution >= 4 is 39.3 Å². The number of nitrogens with one attached hydrogen (secondary N) is 1. The summed E-state index contributed by atoms with van der Waals surface area (Å²) in [5.41, 5.74) is 0. The van der Waals surface area contributed by atoms with Gasteiger partial charge in [-0.05, 0) is 30.0 Å². The lowest BCUT2D eigenvalue weighted by Gasteiger charge is -2.06. The van der Waals surface area contributed by atoms with E-state index in [1.807, 2.05) is 11.8 Å². The molecule has 0 unspecified atom stereocenters. The highest BCUT2D eigenvalue weighted by Crippen LogP contribution is 2.30. The van der Waals surface area contributed by atoms with Gasteiger partial charge in [0.25, 0.3) is 0 Å². The van der Waals surface area contributed by atoms with Gasteiger partial charge in [-0.3, -0.25) is 0 Å². The van der Waals surface area contributed by atoms with Crippen LogP contribution < -0.4 is 5.32 Å². The van der Waals surface area contributed by atoms with Crippen molar-refractivity contribution in [1.82, 2.24) is 9.97 Å². The Morgan fingerprint density at radius 3 is 2.94 bits per heavy atom. The summed E-state index contributed by atoms with van der Waals surface area (Å²) in [5.74, 6) is 1.90. The molecule has 2 aromatic heterocycles. The molecule has 18 heavy (non-hydrogen) atoms. The van der Waals surface area contributed by atoms with Gasteiger partial charge in [0.1, 0.15) is 9.86 Å². The number of hydrogen-bond donors (Lipinski definition) is 1. The summed E-state index contributed by atoms with van der Waals surface area (Å²) in [7, 11) is 0. The molecule has 0 spiro atoms. The Morgan fingerprint density at radius 1 is 1.28 bits per heavy atom. The van der Waals surface area contributed by atoms with Crippen molar-refractivity contribution in [2.75, 3.05) is 17.6 Å². The first-order valence-corrected chi connectivity index (χ1v) is 8.33. The molecule has 1 N–H and O–H groups in total. The standard InChI is InChI=1S/C13H19N3S2/c1-3-5-8-17-11-10-6-9-18-12(10)16-13(15-11)14-7-4-2/h6,9H,3-5,7-8H2,1-2H3,(H,14,15,16). The van der Waals surface area contributed by atoms with Crippen LogP contribution in [0.4, 0.5) is 5.95 Å². The first-order valence-electron chi connectivity index (χ1n) is 6.47. The Balaban J connectivity index is 2.21. The highest BCUT2D eigenvalue weighted by atomic mass is 32.2. The zero-order valence-electron chi connectivity index (χ0n) is 10.9. The van der Waals surface area contributed by atoms with E-state index in [4.69, 9.17) is 0 Å². The van der Waals surface area contributed by atoms with E-state index >= 15 is 0 Å². The SMILES string of the molecule is CCCCSc1nc(NCCC)nc2sccc12. The second-order valence-corrected chi connectivity index (χ2v) is 6.10. The minimum Gasteiger partial charge on any atom is -0.354 e. The fourth-order valence-electron chi connectivity index (χ4n) is 1.57. The molecule has 0 aromatic carbocycles. The van der Waals surface area contributed by atoms with E-state index in [0.29, 0.717) is 0 Å². The predicted molar refractivity (Wildman–Crippen MR) is 81.8 cm³/mol. The van der Waals surface area contributed by atoms with Crippen LogP contribution in [0, 0.1) is 0 Å². The van der Waals surface area contributed by atoms with E-state index in [0.717, 1.165) is 34.5 Å². The fraction of sp³-hybridized carbons (Fsp3) is 0.538. The minimum absolute atomic E-state index is 0.769. The van der Waals surface area contributed by atoms with Gasteiger partial charge in [-0.25, -0.2) is 9.97 Å². The lowest BCUT2D eigenvalue weighted by molar-refractivity contribution is 0.894. The van der Waals surface area contributed by atoms with E-state index in [1.165, 1.54) is 18.2 Å². The first-order chi connectivity index (χ1) is 8.85. The highest BCUT2D eigenvalue weighted by molar-refractivity contribution is 7.99. The number of aromatic nitrogens is 2. The van der Waals surface area contributed by atoms with Crippen molar-refractivity contribution in [3.8, 4) is 0 Å². The van der Waals surface area contributed by atoms with Crippen LogP contribution in [0.25, 0.3) is 10.2 Å². The Kier molecular flexibility index (Phi) is 5.26. The van der Waals surface area contributed by atoms with Crippen LogP contribution in [0.2, 0.25) is 0 Å². The number of thiophene rings is 1. The molecule has 0 saturated heterocycles. The molecule has 0 bridgehead atoms. The van der Waals surface area contributed by atoms with Crippen molar-refractivity contribution < 1.29 is 0 Å². The monoisotopic (exact) mass is 281 g/mol. The fourth-order valence-corrected chi connectivity index (χ4v) is 3.49. The molecular weight excluding hydrogens is 262 g/mol. The van der Waals surface area contributed by atoms with E-state index in [-0.39, 0.29) is 0 Å². The Hall–Kier alpha value is -0.810. The normalized spacial score (nSPS) is 11.0. The summed E-state index contributed by atoms with van der Waals surface area (Å²) in [6.45, 7) is 5.29. The van der Waals surface area contributed by atoms with Crippen LogP contribution in [0.5, 0.6) is 0 Å². The van der Waals surface area contributed by atoms with Gasteiger partial charge in [-0.2, -0.15) is 0 Å². The summed E-state index contributed by atoms with van der Waals surface area (Å²) in [4.78, 5) is 10.3. The zero-order valence-corrected chi connectivity index (χ0v) is 12.5. The topological polar surface area (TPSA) is 37.8 Å². The summed E-state index contributed by atoms with van der Waals surface area (Å²) < 4.78 is 0. The van der Waals surface area contributed by atoms with Crippen molar-refractivity contribution in [3.63, 3.8) is 0 Å². The number of hydrogen-bond acceptors (Lipinski definition) is 5. The maximum absolute atomic E-state index is 4.63. The molecule has 5 heteroatoms. The molecule has 0 aliphatic carbocycles. The maximum atomic E-state index is 4.63. The van der Waals surface area contributed by atoms with Gasteiger partial charge in [-0.1, -0.05) is 20.3 Å². The average Bonchev–Trinajstić information content (AvgIpc) is 2.85. The van der Waals surface area contributed by atoms with Gasteiger partial charge in [-0.15, -0.1) is 23.1 Å². The number of thioether (sulfide) groups is 1. The molecule has 3 nitrogen and oxygen atoms in total. The van der Waals surface area contributed by atoms with Crippen LogP contribution in [0.15, 0.2) is 16.5 Å². The van der Waals surface area contributed by atoms with Crippen molar-refractivity contribution in [1.29, 1.82) is 0 Å². The number of anilines is 1. The van der Waals surface area contributed by atoms with Crippen LogP contribution in [0.3, 0.4) is 0 Å². The smallest absolute Gasteiger partial charge is 0.225 e. The second-order valence-electron chi connectivity index (χ2n) is 4.12. The number of fused-ring (bicyclic) bond motifs is 1. The van der Waals surface area contributed by atoms with Gasteiger partial charge in [0.15, 0.2) is 0 Å². The summed E-state index contributed by atoms with van der Waals surface area (Å²) in [6, 6.07) is 2.12. The third kappa shape index (κ3) is 3.36. The van der Waals surface area contributed by atoms with E-state index in [9.17, 15) is 0 Å². The van der Waals surface area contributed by atoms with E-state index in [1.54, 1.807) is 11.3 Å². The van der Waals surface area contributed by atoms with E-state index < -0.39 is 0 Å². The van der Waals surface area contributed by atoms with Gasteiger partial charge >= 0.3 is 0 Å². The Labute approximate surface area is 116 Å². The van der Waals surface area contributed by atoms with Gasteiger partial charge < -0.3 is 5.32 Å². The molecule has 0 fully saturated rings. The molecule has 2 heterocycles. The van der Waals surface area contributed by atoms with Crippen LogP contribution in [0.1, 0.15) is 33.1 Å². The summed E-state index contributed by atoms with van der Waals surface area (Å²) in [6.07, 6.45) is 3.55. The molecule has 0 atom stereocenters. The average molecular weight is 281 g/mol. The van der Waals surface area contributed by atoms with Crippen LogP contribution in [-0.4, -0.2) is 22.3 Å². The lowest BCUT2D eigenvalue weighted by atomic mass is 10.4. The molecule has 0 aliphatic rings. The quantitative estimate of drug-likeness (QED) is 0.463. The van der Waals surface area contributed by atoms with E-state index in [2.05, 4.69) is 40.6 Å². The van der Waals surface area contributed by atoms with Gasteiger partial charge in [0.2, 0.25) is 5.95 Å². The number of rotatable bonds is 7. The van der Waals surface area contributed by atoms with Crippen molar-refractivity contribution in [2.24, 2.45) is 0 Å². The molecule has 0 aliphatic heterocycles. The molecule has 0 amide bonds. The predicted octanol–water partition coefficient (Wildman–Crippen LogP) is 4.41. The molecule has 2 rings (SSSR count). The van der Waals surface area contributed by atoms with Crippen LogP contribution >= 0.6 is 23.1 Å². The number of unbranched alkanes of at least 4 members (excludes halogenated alkanes) is 1. The second kappa shape index (κ2) is 6.95. The summed E-state index contributed by atoms with van der Waals surface area (Å²) >= 11 is 3.53. The number of nitrogens with zero attached hydrogens (tertiary/aromatic N) is 2. The molecule has 0 saturated carbocycles. The van der Waals surface area contributed by atoms with Crippen LogP contribution in [-0.2, 0) is 0 Å². The maximum Gasteiger partial charge on any atom is 0.225 e. The summed E-state index contributed by atoms with van der Waals surface area (Å²) in [5, 5.41) is 7.68. The van der Waals surface area contributed by atoms with Gasteiger partial charge in [0, 0.05) is 11.9 Å². The van der Waals surface area contributed by atoms with Gasteiger partial charge in [0.05, 0.1) is 0 Å². The molecule has 2 aromatic rings. The largest absolute Gasteiger partial charge is 0.354 e. The van der Waals surface area contributed by atoms with Crippen molar-refractivity contribution in [2.45, 2.75) is 38.1 Å². The Morgan fingerprint density at radius 2 is 2.17 bits per heavy atom. The Bertz CT molecular complexity index is 496.